The number of aliphatic hydroxyl groups is 4. The topological polar surface area (TPSA) is 110 Å². The first-order chi connectivity index (χ1) is 35.5. The molecule has 428 valence electrons. The molecule has 72 heavy (non-hydrogen) atoms. The number of hydrogen-bond acceptors (Lipinski definition) is 5. The van der Waals surface area contributed by atoms with E-state index in [0.717, 1.165) is 38.5 Å². The lowest BCUT2D eigenvalue weighted by molar-refractivity contribution is -0.132. The molecule has 0 saturated heterocycles. The van der Waals surface area contributed by atoms with Crippen molar-refractivity contribution in [1.29, 1.82) is 0 Å². The second kappa shape index (κ2) is 60.7. The molecule has 4 unspecified atom stereocenters. The largest absolute Gasteiger partial charge is 0.394 e. The smallest absolute Gasteiger partial charge is 0.249 e. The number of allylic oxidation sites excluding steroid dienone is 4. The molecule has 0 aromatic rings. The number of nitrogens with one attached hydrogen (secondary N) is 1. The van der Waals surface area contributed by atoms with Gasteiger partial charge >= 0.3 is 0 Å². The average molecular weight is 1020 g/mol. The summed E-state index contributed by atoms with van der Waals surface area (Å²) in [6.07, 6.45) is 75.7. The fourth-order valence-electron chi connectivity index (χ4n) is 10.5. The van der Waals surface area contributed by atoms with Gasteiger partial charge in [-0.05, 0) is 64.2 Å². The van der Waals surface area contributed by atoms with Crippen LogP contribution in [0.2, 0.25) is 0 Å². The van der Waals surface area contributed by atoms with E-state index in [-0.39, 0.29) is 0 Å². The second-order valence-corrected chi connectivity index (χ2v) is 22.8. The van der Waals surface area contributed by atoms with Crippen LogP contribution in [-0.4, -0.2) is 57.3 Å². The maximum atomic E-state index is 12.6. The van der Waals surface area contributed by atoms with Crippen LogP contribution in [0.3, 0.4) is 0 Å². The molecule has 0 aromatic carbocycles. The van der Waals surface area contributed by atoms with Gasteiger partial charge in [0.25, 0.3) is 0 Å². The summed E-state index contributed by atoms with van der Waals surface area (Å²) in [5.74, 6) is -0.588. The first-order valence-electron chi connectivity index (χ1n) is 32.7. The lowest BCUT2D eigenvalue weighted by atomic mass is 10.00. The summed E-state index contributed by atoms with van der Waals surface area (Å²) in [7, 11) is 0. The summed E-state index contributed by atoms with van der Waals surface area (Å²) in [5, 5.41) is 44.1. The minimum atomic E-state index is -1.28. The van der Waals surface area contributed by atoms with Gasteiger partial charge in [-0.2, -0.15) is 0 Å². The van der Waals surface area contributed by atoms with Crippen LogP contribution in [0.5, 0.6) is 0 Å². The number of aliphatic hydroxyl groups excluding tert-OH is 4. The van der Waals surface area contributed by atoms with Crippen molar-refractivity contribution in [1.82, 2.24) is 5.32 Å². The van der Waals surface area contributed by atoms with Crippen molar-refractivity contribution in [2.45, 2.75) is 385 Å². The van der Waals surface area contributed by atoms with Crippen molar-refractivity contribution < 1.29 is 25.2 Å². The van der Waals surface area contributed by atoms with Gasteiger partial charge in [0.2, 0.25) is 5.91 Å². The molecule has 5 N–H and O–H groups in total. The van der Waals surface area contributed by atoms with Crippen LogP contribution in [0, 0.1) is 0 Å². The Hall–Kier alpha value is -1.21. The Bertz CT molecular complexity index is 1100. The molecular weight excluding hydrogens is 887 g/mol. The van der Waals surface area contributed by atoms with E-state index < -0.39 is 36.9 Å². The Labute approximate surface area is 450 Å². The van der Waals surface area contributed by atoms with Crippen LogP contribution in [-0.2, 0) is 4.79 Å². The number of carbonyl (C=O) groups excluding carboxylic acids is 1. The first kappa shape index (κ1) is 70.8. The fraction of sp³-hybridized carbons (Fsp3) is 0.924. The second-order valence-electron chi connectivity index (χ2n) is 22.8. The Kier molecular flexibility index (Phi) is 59.6. The van der Waals surface area contributed by atoms with E-state index in [4.69, 9.17) is 0 Å². The molecule has 0 aliphatic carbocycles. The number of hydrogen-bond donors (Lipinski definition) is 5. The highest BCUT2D eigenvalue weighted by Gasteiger charge is 2.28. The van der Waals surface area contributed by atoms with Crippen molar-refractivity contribution in [2.24, 2.45) is 0 Å². The summed E-state index contributed by atoms with van der Waals surface area (Å²) in [5.41, 5.74) is 0. The molecule has 1 amide bonds. The first-order valence-corrected chi connectivity index (χ1v) is 32.7. The van der Waals surface area contributed by atoms with Gasteiger partial charge in [0.1, 0.15) is 12.2 Å². The molecule has 6 heteroatoms. The van der Waals surface area contributed by atoms with Crippen molar-refractivity contribution in [2.75, 3.05) is 6.61 Å². The predicted molar refractivity (Wildman–Crippen MR) is 316 cm³/mol. The standard InChI is InChI=1S/C66H129NO5/c1-3-5-7-9-11-13-15-17-19-21-23-25-27-29-31-33-35-37-39-41-43-45-47-49-51-53-55-57-59-63(69)65(71)62(61-68)67-66(72)64(70)60-58-56-54-52-50-48-46-44-42-40-38-36-34-32-30-28-26-24-22-20-18-16-14-12-10-8-6-4-2/h30,32,51,53,62-65,68-71H,3-29,31,33-50,52,54-61H2,1-2H3,(H,67,72)/b32-30-,53-51+. The van der Waals surface area contributed by atoms with Crippen molar-refractivity contribution in [3.63, 3.8) is 0 Å². The molecule has 0 radical (unpaired) electrons. The van der Waals surface area contributed by atoms with E-state index in [2.05, 4.69) is 43.5 Å². The fourth-order valence-corrected chi connectivity index (χ4v) is 10.5. The average Bonchev–Trinajstić information content (AvgIpc) is 3.39. The third-order valence-electron chi connectivity index (χ3n) is 15.6. The predicted octanol–water partition coefficient (Wildman–Crippen LogP) is 19.8. The molecule has 0 heterocycles. The molecule has 6 nitrogen and oxygen atoms in total. The van der Waals surface area contributed by atoms with Gasteiger partial charge in [-0.15, -0.1) is 0 Å². The van der Waals surface area contributed by atoms with Gasteiger partial charge < -0.3 is 25.7 Å². The van der Waals surface area contributed by atoms with Crippen LogP contribution < -0.4 is 5.32 Å². The summed E-state index contributed by atoms with van der Waals surface area (Å²) < 4.78 is 0. The summed E-state index contributed by atoms with van der Waals surface area (Å²) in [6, 6.07) is -1.00. The molecule has 4 atom stereocenters. The van der Waals surface area contributed by atoms with E-state index in [0.29, 0.717) is 12.8 Å². The van der Waals surface area contributed by atoms with Gasteiger partial charge in [-0.1, -0.05) is 321 Å². The molecule has 0 aromatic heterocycles. The van der Waals surface area contributed by atoms with Crippen molar-refractivity contribution in [3.8, 4) is 0 Å². The molecule has 0 spiro atoms. The molecule has 0 saturated carbocycles. The summed E-state index contributed by atoms with van der Waals surface area (Å²) in [6.45, 7) is 4.10. The van der Waals surface area contributed by atoms with Gasteiger partial charge in [-0.25, -0.2) is 0 Å². The third kappa shape index (κ3) is 53.6. The Balaban J connectivity index is 3.59. The molecular formula is C66H129NO5. The van der Waals surface area contributed by atoms with Crippen molar-refractivity contribution in [3.05, 3.63) is 24.3 Å². The maximum absolute atomic E-state index is 12.6. The van der Waals surface area contributed by atoms with Crippen LogP contribution in [0.15, 0.2) is 24.3 Å². The van der Waals surface area contributed by atoms with Gasteiger partial charge in [0, 0.05) is 0 Å². The lowest BCUT2D eigenvalue weighted by Crippen LogP contribution is -2.53. The number of unbranched alkanes of at least 4 members (excludes halogenated alkanes) is 48. The Morgan fingerprint density at radius 3 is 0.833 bits per heavy atom. The molecule has 0 aliphatic rings. The molecule has 0 fully saturated rings. The molecule has 0 bridgehead atoms. The van der Waals surface area contributed by atoms with Gasteiger partial charge in [0.15, 0.2) is 0 Å². The maximum Gasteiger partial charge on any atom is 0.249 e. The van der Waals surface area contributed by atoms with Crippen LogP contribution in [0.25, 0.3) is 0 Å². The van der Waals surface area contributed by atoms with Gasteiger partial charge in [0.05, 0.1) is 18.8 Å². The minimum Gasteiger partial charge on any atom is -0.394 e. The van der Waals surface area contributed by atoms with Gasteiger partial charge in [-0.3, -0.25) is 4.79 Å². The SMILES string of the molecule is CCCCCCCCCCCCCC/C=C\CCCCCCCCCCCCCCC(O)C(=O)NC(CO)C(O)C(O)CCC/C=C/CCCCCCCCCCCCCCCCCCCCCCCCC. The zero-order chi connectivity index (χ0) is 52.3. The van der Waals surface area contributed by atoms with E-state index in [1.807, 2.05) is 0 Å². The normalized spacial score (nSPS) is 13.7. The number of rotatable bonds is 61. The van der Waals surface area contributed by atoms with E-state index >= 15 is 0 Å². The highest BCUT2D eigenvalue weighted by molar-refractivity contribution is 5.80. The van der Waals surface area contributed by atoms with Crippen LogP contribution in [0.1, 0.15) is 361 Å². The molecule has 0 aliphatic heterocycles. The monoisotopic (exact) mass is 1020 g/mol. The lowest BCUT2D eigenvalue weighted by Gasteiger charge is -2.27. The number of amides is 1. The van der Waals surface area contributed by atoms with E-state index in [1.54, 1.807) is 0 Å². The highest BCUT2D eigenvalue weighted by Crippen LogP contribution is 2.19. The highest BCUT2D eigenvalue weighted by atomic mass is 16.3. The van der Waals surface area contributed by atoms with E-state index in [1.165, 1.54) is 295 Å². The zero-order valence-corrected chi connectivity index (χ0v) is 48.7. The summed E-state index contributed by atoms with van der Waals surface area (Å²) >= 11 is 0. The minimum absolute atomic E-state index is 0.365. The summed E-state index contributed by atoms with van der Waals surface area (Å²) in [4.78, 5) is 12.6. The number of carbonyl (C=O) groups is 1. The van der Waals surface area contributed by atoms with E-state index in [9.17, 15) is 25.2 Å². The quantitative estimate of drug-likeness (QED) is 0.0308. The van der Waals surface area contributed by atoms with Crippen molar-refractivity contribution >= 4 is 5.91 Å². The zero-order valence-electron chi connectivity index (χ0n) is 48.7. The molecule has 0 rings (SSSR count). The Morgan fingerprint density at radius 2 is 0.569 bits per heavy atom. The Morgan fingerprint density at radius 1 is 0.333 bits per heavy atom. The third-order valence-corrected chi connectivity index (χ3v) is 15.6. The van der Waals surface area contributed by atoms with Crippen LogP contribution in [0.4, 0.5) is 0 Å². The van der Waals surface area contributed by atoms with Crippen LogP contribution >= 0.6 is 0 Å².